The summed E-state index contributed by atoms with van der Waals surface area (Å²) in [6.07, 6.45) is 4.57. The first-order chi connectivity index (χ1) is 13.6. The number of nitrogens with one attached hydrogen (secondary N) is 1. The third kappa shape index (κ3) is 4.41. The topological polar surface area (TPSA) is 56.1 Å². The summed E-state index contributed by atoms with van der Waals surface area (Å²) < 4.78 is 3.52. The molecule has 1 aliphatic carbocycles. The summed E-state index contributed by atoms with van der Waals surface area (Å²) in [4.78, 5) is 15.8. The van der Waals surface area contributed by atoms with Crippen LogP contribution in [0.5, 0.6) is 0 Å². The summed E-state index contributed by atoms with van der Waals surface area (Å²) in [5.74, 6) is 0.596. The molecule has 28 heavy (non-hydrogen) atoms. The van der Waals surface area contributed by atoms with E-state index in [0.717, 1.165) is 57.2 Å². The molecule has 4 rings (SSSR count). The molecule has 146 valence electrons. The van der Waals surface area contributed by atoms with Crippen molar-refractivity contribution in [3.05, 3.63) is 64.7 Å². The van der Waals surface area contributed by atoms with E-state index < -0.39 is 0 Å². The first-order valence-corrected chi connectivity index (χ1v) is 11.1. The molecule has 2 aromatic rings. The summed E-state index contributed by atoms with van der Waals surface area (Å²) in [6.45, 7) is 3.65. The minimum atomic E-state index is 0.132. The van der Waals surface area contributed by atoms with Crippen LogP contribution in [0.3, 0.4) is 0 Å². The Labute approximate surface area is 173 Å². The Morgan fingerprint density at radius 3 is 2.46 bits per heavy atom. The number of rotatable bonds is 5. The standard InChI is InChI=1S/C20H20N3O.C3H5.Fe/c1-14-2-5-18(12-19(14)22)20(24)23-10-8-17(9-11-23)16-6-3-15(13-21)4-7-16;1-2-3-1;/h2-7,12,17,22H,8-11H2,1H3;1H,2-3H2;/q-1;;+1. The molecule has 0 spiro atoms. The van der Waals surface area contributed by atoms with E-state index in [1.165, 1.54) is 24.0 Å². The molecule has 0 radical (unpaired) electrons. The van der Waals surface area contributed by atoms with Crippen LogP contribution in [0.25, 0.3) is 0 Å². The maximum atomic E-state index is 13.0. The van der Waals surface area contributed by atoms with Gasteiger partial charge in [0.2, 0.25) is 0 Å². The molecule has 0 aromatic heterocycles. The number of hydrogen-bond acceptors (Lipinski definition) is 3. The number of likely N-dealkylation sites (tertiary alicyclic amines) is 1. The van der Waals surface area contributed by atoms with Crippen molar-refractivity contribution < 1.29 is 20.0 Å². The molecule has 1 heterocycles. The van der Waals surface area contributed by atoms with Gasteiger partial charge in [-0.1, -0.05) is 0 Å². The predicted molar refractivity (Wildman–Crippen MR) is 107 cm³/mol. The van der Waals surface area contributed by atoms with Gasteiger partial charge < -0.3 is 0 Å². The van der Waals surface area contributed by atoms with E-state index in [1.54, 1.807) is 0 Å². The van der Waals surface area contributed by atoms with Gasteiger partial charge in [0, 0.05) is 0 Å². The molecular weight excluding hydrogens is 390 g/mol. The van der Waals surface area contributed by atoms with Crippen LogP contribution in [-0.2, 0) is 15.2 Å². The summed E-state index contributed by atoms with van der Waals surface area (Å²) in [7, 11) is 0. The van der Waals surface area contributed by atoms with Crippen LogP contribution >= 0.6 is 0 Å². The number of carbonyl (C=O) groups is 1. The average molecular weight is 415 g/mol. The van der Waals surface area contributed by atoms with E-state index in [-0.39, 0.29) is 5.91 Å². The van der Waals surface area contributed by atoms with Crippen molar-refractivity contribution in [3.63, 3.8) is 0 Å². The van der Waals surface area contributed by atoms with E-state index in [9.17, 15) is 4.79 Å². The van der Waals surface area contributed by atoms with Gasteiger partial charge >= 0.3 is 156 Å². The van der Waals surface area contributed by atoms with E-state index in [4.69, 9.17) is 5.26 Å². The van der Waals surface area contributed by atoms with Gasteiger partial charge in [0.1, 0.15) is 0 Å². The van der Waals surface area contributed by atoms with Crippen LogP contribution in [0.1, 0.15) is 58.6 Å². The SMILES string of the molecule is Cc1ccc(C(=O)N2CCC(c3ccc(C#N)cc3)CC2)cc1[NH][Fe][CH]1CC1. The van der Waals surface area contributed by atoms with Gasteiger partial charge in [0.25, 0.3) is 0 Å². The second kappa shape index (κ2) is 8.39. The third-order valence-electron chi connectivity index (χ3n) is 5.56. The van der Waals surface area contributed by atoms with Crippen LogP contribution in [0, 0.1) is 18.3 Å². The van der Waals surface area contributed by atoms with E-state index in [2.05, 4.69) is 29.5 Å². The van der Waals surface area contributed by atoms with Crippen molar-refractivity contribution in [1.29, 1.82) is 5.26 Å². The number of amides is 1. The zero-order valence-corrected chi connectivity index (χ0v) is 17.2. The fraction of sp³-hybridized carbons (Fsp3) is 0.391. The van der Waals surface area contributed by atoms with Crippen LogP contribution < -0.4 is 4.33 Å². The number of anilines is 1. The summed E-state index contributed by atoms with van der Waals surface area (Å²) in [5, 5.41) is 8.94. The molecule has 0 bridgehead atoms. The van der Waals surface area contributed by atoms with E-state index in [1.807, 2.05) is 35.2 Å². The number of hydrogen-bond donors (Lipinski definition) is 1. The molecule has 1 saturated carbocycles. The Kier molecular flexibility index (Phi) is 5.71. The molecule has 0 atom stereocenters. The van der Waals surface area contributed by atoms with Crippen molar-refractivity contribution in [3.8, 4) is 6.07 Å². The second-order valence-electron chi connectivity index (χ2n) is 7.68. The Balaban J connectivity index is 1.38. The number of nitriles is 1. The molecule has 1 saturated heterocycles. The van der Waals surface area contributed by atoms with Crippen LogP contribution in [0.4, 0.5) is 5.69 Å². The van der Waals surface area contributed by atoms with Gasteiger partial charge in [-0.2, -0.15) is 5.26 Å². The first kappa shape index (κ1) is 19.1. The Morgan fingerprint density at radius 2 is 1.82 bits per heavy atom. The van der Waals surface area contributed by atoms with Crippen molar-refractivity contribution in [1.82, 2.24) is 4.90 Å². The molecule has 2 aliphatic rings. The summed E-state index contributed by atoms with van der Waals surface area (Å²) in [5.41, 5.74) is 5.03. The average Bonchev–Trinajstić information content (AvgIpc) is 3.57. The number of nitrogens with zero attached hydrogens (tertiary/aromatic N) is 2. The van der Waals surface area contributed by atoms with Gasteiger partial charge in [0.05, 0.1) is 11.6 Å². The summed E-state index contributed by atoms with van der Waals surface area (Å²) in [6, 6.07) is 16.1. The number of carbonyl (C=O) groups excluding carboxylic acids is 1. The first-order valence-electron chi connectivity index (χ1n) is 9.90. The molecule has 1 aliphatic heterocycles. The van der Waals surface area contributed by atoms with Gasteiger partial charge in [-0.25, -0.2) is 0 Å². The number of benzene rings is 2. The predicted octanol–water partition coefficient (Wildman–Crippen LogP) is 4.88. The van der Waals surface area contributed by atoms with Crippen molar-refractivity contribution >= 4 is 11.6 Å². The number of piperidine rings is 1. The molecule has 1 amide bonds. The van der Waals surface area contributed by atoms with E-state index >= 15 is 0 Å². The molecule has 5 heteroatoms. The van der Waals surface area contributed by atoms with Gasteiger partial charge in [-0.05, 0) is 0 Å². The Hall–Kier alpha value is -2.28. The summed E-state index contributed by atoms with van der Waals surface area (Å²) >= 11 is 1.01. The fourth-order valence-corrected chi connectivity index (χ4v) is 4.76. The third-order valence-corrected chi connectivity index (χ3v) is 7.11. The van der Waals surface area contributed by atoms with Crippen molar-refractivity contribution in [2.75, 3.05) is 17.4 Å². The normalized spacial score (nSPS) is 17.4. The molecule has 2 aromatic carbocycles. The van der Waals surface area contributed by atoms with Gasteiger partial charge in [-0.3, -0.25) is 0 Å². The molecular formula is C23H25FeN3O. The van der Waals surface area contributed by atoms with Crippen LogP contribution in [0.15, 0.2) is 42.5 Å². The minimum absolute atomic E-state index is 0.132. The monoisotopic (exact) mass is 415 g/mol. The van der Waals surface area contributed by atoms with Crippen LogP contribution in [0.2, 0.25) is 4.82 Å². The molecule has 2 fully saturated rings. The molecule has 0 unspecified atom stereocenters. The zero-order valence-electron chi connectivity index (χ0n) is 16.1. The fourth-order valence-electron chi connectivity index (χ4n) is 3.57. The van der Waals surface area contributed by atoms with Crippen LogP contribution in [-0.4, -0.2) is 23.9 Å². The van der Waals surface area contributed by atoms with E-state index in [0.29, 0.717) is 11.5 Å². The Bertz CT molecular complexity index is 891. The number of aryl methyl sites for hydroxylation is 1. The second-order valence-corrected chi connectivity index (χ2v) is 9.17. The van der Waals surface area contributed by atoms with Crippen molar-refractivity contribution in [2.45, 2.75) is 43.3 Å². The van der Waals surface area contributed by atoms with Gasteiger partial charge in [-0.15, -0.1) is 0 Å². The van der Waals surface area contributed by atoms with Crippen molar-refractivity contribution in [2.24, 2.45) is 0 Å². The quantitative estimate of drug-likeness (QED) is 0.709. The van der Waals surface area contributed by atoms with Gasteiger partial charge in [0.15, 0.2) is 0 Å². The molecule has 4 nitrogen and oxygen atoms in total. The molecule has 1 N–H and O–H groups in total. The zero-order chi connectivity index (χ0) is 19.5. The maximum absolute atomic E-state index is 13.0. The Morgan fingerprint density at radius 1 is 1.11 bits per heavy atom.